The van der Waals surface area contributed by atoms with Crippen molar-refractivity contribution in [3.63, 3.8) is 0 Å². The minimum Gasteiger partial charge on any atom is -0.387 e. The van der Waals surface area contributed by atoms with Crippen LogP contribution >= 0.6 is 0 Å². The molecule has 0 bridgehead atoms. The summed E-state index contributed by atoms with van der Waals surface area (Å²) in [5.41, 5.74) is 2.41. The lowest BCUT2D eigenvalue weighted by Crippen LogP contribution is -2.26. The molecule has 1 saturated heterocycles. The Morgan fingerprint density at radius 3 is 2.47 bits per heavy atom. The van der Waals surface area contributed by atoms with Crippen molar-refractivity contribution in [2.75, 3.05) is 19.6 Å². The maximum Gasteiger partial charge on any atom is 0.0916 e. The number of hydrogen-bond acceptors (Lipinski definition) is 2. The van der Waals surface area contributed by atoms with E-state index in [1.165, 1.54) is 12.0 Å². The third-order valence-corrected chi connectivity index (χ3v) is 3.95. The van der Waals surface area contributed by atoms with Crippen molar-refractivity contribution in [3.05, 3.63) is 35.4 Å². The maximum atomic E-state index is 10.3. The van der Waals surface area contributed by atoms with Crippen molar-refractivity contribution in [2.24, 2.45) is 11.8 Å². The quantitative estimate of drug-likeness (QED) is 0.879. The first kappa shape index (κ1) is 14.5. The molecule has 1 aliphatic heterocycles. The first-order valence-corrected chi connectivity index (χ1v) is 7.54. The standard InChI is InChI=1S/C17H27NO/c1-13(2)10-15-4-6-16(7-5-15)17(19)12-18-9-8-14(3)11-18/h4-7,13-14,17,19H,8-12H2,1-3H3. The molecule has 0 radical (unpaired) electrons. The Morgan fingerprint density at radius 1 is 1.26 bits per heavy atom. The Kier molecular flexibility index (Phi) is 5.00. The summed E-state index contributed by atoms with van der Waals surface area (Å²) in [6, 6.07) is 8.49. The maximum absolute atomic E-state index is 10.3. The van der Waals surface area contributed by atoms with Gasteiger partial charge in [-0.25, -0.2) is 0 Å². The third-order valence-electron chi connectivity index (χ3n) is 3.95. The van der Waals surface area contributed by atoms with Gasteiger partial charge in [0.2, 0.25) is 0 Å². The van der Waals surface area contributed by atoms with Crippen LogP contribution in [0.15, 0.2) is 24.3 Å². The van der Waals surface area contributed by atoms with E-state index in [1.54, 1.807) is 0 Å². The molecular weight excluding hydrogens is 234 g/mol. The molecule has 1 fully saturated rings. The van der Waals surface area contributed by atoms with Gasteiger partial charge in [0.25, 0.3) is 0 Å². The highest BCUT2D eigenvalue weighted by atomic mass is 16.3. The van der Waals surface area contributed by atoms with E-state index in [9.17, 15) is 5.11 Å². The van der Waals surface area contributed by atoms with Crippen LogP contribution in [0, 0.1) is 11.8 Å². The first-order valence-electron chi connectivity index (χ1n) is 7.54. The molecule has 1 aromatic carbocycles. The van der Waals surface area contributed by atoms with Gasteiger partial charge in [-0.2, -0.15) is 0 Å². The van der Waals surface area contributed by atoms with E-state index in [1.807, 2.05) is 0 Å². The van der Waals surface area contributed by atoms with Gasteiger partial charge in [0.1, 0.15) is 0 Å². The highest BCUT2D eigenvalue weighted by Gasteiger charge is 2.21. The van der Waals surface area contributed by atoms with Crippen molar-refractivity contribution >= 4 is 0 Å². The van der Waals surface area contributed by atoms with Gasteiger partial charge in [-0.3, -0.25) is 0 Å². The number of nitrogens with zero attached hydrogens (tertiary/aromatic N) is 1. The van der Waals surface area contributed by atoms with Gasteiger partial charge in [0.05, 0.1) is 6.10 Å². The van der Waals surface area contributed by atoms with Crippen molar-refractivity contribution < 1.29 is 5.11 Å². The molecule has 0 aromatic heterocycles. The zero-order chi connectivity index (χ0) is 13.8. The number of likely N-dealkylation sites (tertiary alicyclic amines) is 1. The fourth-order valence-electron chi connectivity index (χ4n) is 2.89. The van der Waals surface area contributed by atoms with E-state index < -0.39 is 0 Å². The molecule has 0 amide bonds. The van der Waals surface area contributed by atoms with Gasteiger partial charge >= 0.3 is 0 Å². The van der Waals surface area contributed by atoms with Crippen LogP contribution in [0.2, 0.25) is 0 Å². The van der Waals surface area contributed by atoms with Crippen molar-refractivity contribution in [2.45, 2.75) is 39.7 Å². The molecule has 1 aromatic rings. The normalized spacial score (nSPS) is 22.1. The van der Waals surface area contributed by atoms with Crippen LogP contribution < -0.4 is 0 Å². The molecule has 1 aliphatic rings. The van der Waals surface area contributed by atoms with Crippen molar-refractivity contribution in [1.82, 2.24) is 4.90 Å². The summed E-state index contributed by atoms with van der Waals surface area (Å²) >= 11 is 0. The summed E-state index contributed by atoms with van der Waals surface area (Å²) in [6.45, 7) is 9.78. The predicted molar refractivity (Wildman–Crippen MR) is 80.2 cm³/mol. The molecule has 0 aliphatic carbocycles. The van der Waals surface area contributed by atoms with Gasteiger partial charge in [-0.15, -0.1) is 0 Å². The number of aliphatic hydroxyl groups excluding tert-OH is 1. The number of β-amino-alcohol motifs (C(OH)–C–C–N with tert-alkyl or cyclic N) is 1. The third kappa shape index (κ3) is 4.32. The number of aliphatic hydroxyl groups is 1. The summed E-state index contributed by atoms with van der Waals surface area (Å²) in [4.78, 5) is 2.37. The average Bonchev–Trinajstić information content (AvgIpc) is 2.75. The highest BCUT2D eigenvalue weighted by molar-refractivity contribution is 5.24. The second-order valence-electron chi connectivity index (χ2n) is 6.51. The predicted octanol–water partition coefficient (Wildman–Crippen LogP) is 3.26. The zero-order valence-electron chi connectivity index (χ0n) is 12.5. The smallest absolute Gasteiger partial charge is 0.0916 e. The lowest BCUT2D eigenvalue weighted by molar-refractivity contribution is 0.124. The highest BCUT2D eigenvalue weighted by Crippen LogP contribution is 2.21. The topological polar surface area (TPSA) is 23.5 Å². The minimum absolute atomic E-state index is 0.349. The fraction of sp³-hybridized carbons (Fsp3) is 0.647. The van der Waals surface area contributed by atoms with E-state index in [-0.39, 0.29) is 6.10 Å². The Hall–Kier alpha value is -0.860. The molecule has 1 heterocycles. The van der Waals surface area contributed by atoms with Crippen LogP contribution in [0.4, 0.5) is 0 Å². The van der Waals surface area contributed by atoms with E-state index in [0.717, 1.165) is 37.5 Å². The number of benzene rings is 1. The molecule has 1 N–H and O–H groups in total. The van der Waals surface area contributed by atoms with Gasteiger partial charge in [0, 0.05) is 13.1 Å². The van der Waals surface area contributed by atoms with Gasteiger partial charge in [-0.05, 0) is 42.3 Å². The number of rotatable bonds is 5. The lowest BCUT2D eigenvalue weighted by atomic mass is 10.00. The molecule has 106 valence electrons. The molecule has 0 spiro atoms. The molecule has 19 heavy (non-hydrogen) atoms. The second kappa shape index (κ2) is 6.53. The molecule has 2 heteroatoms. The Balaban J connectivity index is 1.90. The van der Waals surface area contributed by atoms with Crippen molar-refractivity contribution in [3.8, 4) is 0 Å². The SMILES string of the molecule is CC(C)Cc1ccc(C(O)CN2CCC(C)C2)cc1. The van der Waals surface area contributed by atoms with Crippen LogP contribution in [0.3, 0.4) is 0 Å². The summed E-state index contributed by atoms with van der Waals surface area (Å²) in [5, 5.41) is 10.3. The Morgan fingerprint density at radius 2 is 1.95 bits per heavy atom. The first-order chi connectivity index (χ1) is 9.04. The summed E-state index contributed by atoms with van der Waals surface area (Å²) in [6.07, 6.45) is 2.03. The summed E-state index contributed by atoms with van der Waals surface area (Å²) in [5.74, 6) is 1.46. The van der Waals surface area contributed by atoms with Crippen LogP contribution in [0.5, 0.6) is 0 Å². The van der Waals surface area contributed by atoms with Crippen LogP contribution in [0.1, 0.15) is 44.4 Å². The fourth-order valence-corrected chi connectivity index (χ4v) is 2.89. The van der Waals surface area contributed by atoms with E-state index in [2.05, 4.69) is 49.9 Å². The molecule has 2 rings (SSSR count). The van der Waals surface area contributed by atoms with E-state index in [0.29, 0.717) is 5.92 Å². The Labute approximate surface area is 117 Å². The molecular formula is C17H27NO. The van der Waals surface area contributed by atoms with Crippen molar-refractivity contribution in [1.29, 1.82) is 0 Å². The van der Waals surface area contributed by atoms with Crippen LogP contribution in [0.25, 0.3) is 0 Å². The van der Waals surface area contributed by atoms with Gasteiger partial charge in [-0.1, -0.05) is 45.0 Å². The average molecular weight is 261 g/mol. The van der Waals surface area contributed by atoms with Gasteiger partial charge in [0.15, 0.2) is 0 Å². The zero-order valence-corrected chi connectivity index (χ0v) is 12.5. The molecule has 2 unspecified atom stereocenters. The lowest BCUT2D eigenvalue weighted by Gasteiger charge is -2.20. The van der Waals surface area contributed by atoms with Crippen LogP contribution in [-0.2, 0) is 6.42 Å². The van der Waals surface area contributed by atoms with Crippen LogP contribution in [-0.4, -0.2) is 29.6 Å². The molecule has 0 saturated carbocycles. The van der Waals surface area contributed by atoms with E-state index in [4.69, 9.17) is 0 Å². The molecule has 2 atom stereocenters. The summed E-state index contributed by atoms with van der Waals surface area (Å²) in [7, 11) is 0. The van der Waals surface area contributed by atoms with Gasteiger partial charge < -0.3 is 10.0 Å². The number of hydrogen-bond donors (Lipinski definition) is 1. The monoisotopic (exact) mass is 261 g/mol. The minimum atomic E-state index is -0.349. The second-order valence-corrected chi connectivity index (χ2v) is 6.51. The van der Waals surface area contributed by atoms with E-state index >= 15 is 0 Å². The molecule has 2 nitrogen and oxygen atoms in total. The summed E-state index contributed by atoms with van der Waals surface area (Å²) < 4.78 is 0. The Bertz CT molecular complexity index is 385. The largest absolute Gasteiger partial charge is 0.387 e.